The molecule has 1 fully saturated rings. The van der Waals surface area contributed by atoms with E-state index in [0.29, 0.717) is 17.1 Å². The Morgan fingerprint density at radius 2 is 2.18 bits per heavy atom. The molecule has 0 spiro atoms. The molecule has 3 rings (SSSR count). The third-order valence-electron chi connectivity index (χ3n) is 3.55. The van der Waals surface area contributed by atoms with Crippen molar-refractivity contribution in [2.24, 2.45) is 0 Å². The lowest BCUT2D eigenvalue weighted by Crippen LogP contribution is -2.24. The number of aryl methyl sites for hydroxylation is 1. The first kappa shape index (κ1) is 14.1. The maximum absolute atomic E-state index is 12.2. The van der Waals surface area contributed by atoms with Gasteiger partial charge in [-0.3, -0.25) is 4.79 Å². The molecule has 22 heavy (non-hydrogen) atoms. The van der Waals surface area contributed by atoms with Crippen LogP contribution in [0.5, 0.6) is 0 Å². The molecule has 0 saturated heterocycles. The largest absolute Gasteiger partial charge is 0.465 e. The van der Waals surface area contributed by atoms with Crippen LogP contribution in [-0.2, 0) is 0 Å². The number of carboxylic acid groups (broad SMARTS) is 1. The Balaban J connectivity index is 1.69. The highest BCUT2D eigenvalue weighted by Gasteiger charge is 2.39. The molecule has 2 atom stereocenters. The number of hydrogen-bond acceptors (Lipinski definition) is 4. The Morgan fingerprint density at radius 3 is 2.86 bits per heavy atom. The summed E-state index contributed by atoms with van der Waals surface area (Å²) in [4.78, 5) is 22.8. The number of nitrogens with zero attached hydrogens (tertiary/aromatic N) is 1. The van der Waals surface area contributed by atoms with E-state index in [1.807, 2.05) is 6.07 Å². The number of nitrogens with one attached hydrogen (secondary N) is 2. The van der Waals surface area contributed by atoms with Crippen molar-refractivity contribution < 1.29 is 19.2 Å². The number of anilines is 1. The summed E-state index contributed by atoms with van der Waals surface area (Å²) in [5.41, 5.74) is 1.45. The summed E-state index contributed by atoms with van der Waals surface area (Å²) < 4.78 is 4.90. The number of amides is 2. The number of rotatable bonds is 4. The second-order valence-corrected chi connectivity index (χ2v) is 5.30. The van der Waals surface area contributed by atoms with Crippen molar-refractivity contribution in [1.29, 1.82) is 0 Å². The van der Waals surface area contributed by atoms with E-state index >= 15 is 0 Å². The van der Waals surface area contributed by atoms with Gasteiger partial charge in [0.15, 0.2) is 5.82 Å². The molecule has 2 amide bonds. The van der Waals surface area contributed by atoms with Gasteiger partial charge in [-0.1, -0.05) is 17.3 Å². The first-order valence-corrected chi connectivity index (χ1v) is 6.87. The van der Waals surface area contributed by atoms with E-state index in [4.69, 9.17) is 9.63 Å². The average molecular weight is 301 g/mol. The number of hydrogen-bond donors (Lipinski definition) is 3. The molecular formula is C15H15N3O4. The Labute approximate surface area is 126 Å². The molecule has 1 heterocycles. The summed E-state index contributed by atoms with van der Waals surface area (Å²) >= 11 is 0. The summed E-state index contributed by atoms with van der Waals surface area (Å²) in [6, 6.07) is 8.72. The van der Waals surface area contributed by atoms with Gasteiger partial charge in [0.25, 0.3) is 5.91 Å². The maximum Gasteiger partial charge on any atom is 0.404 e. The van der Waals surface area contributed by atoms with Gasteiger partial charge in [0, 0.05) is 23.6 Å². The standard InChI is InChI=1S/C15H15N3O4/c1-8-5-13(18-22-8)17-14(19)10-4-2-3-9(6-10)11-7-12(11)16-15(20)21/h2-6,11-12,16H,7H2,1H3,(H,20,21)(H,17,18,19)/t11-,12+/m0/s1. The van der Waals surface area contributed by atoms with Crippen LogP contribution in [0, 0.1) is 6.92 Å². The minimum absolute atomic E-state index is 0.0750. The maximum atomic E-state index is 12.2. The monoisotopic (exact) mass is 301 g/mol. The van der Waals surface area contributed by atoms with Gasteiger partial charge >= 0.3 is 6.09 Å². The summed E-state index contributed by atoms with van der Waals surface area (Å²) in [5, 5.41) is 17.5. The molecule has 0 bridgehead atoms. The van der Waals surface area contributed by atoms with Crippen LogP contribution in [0.3, 0.4) is 0 Å². The van der Waals surface area contributed by atoms with E-state index in [0.717, 1.165) is 12.0 Å². The molecule has 114 valence electrons. The lowest BCUT2D eigenvalue weighted by atomic mass is 10.1. The number of carbonyl (C=O) groups is 2. The van der Waals surface area contributed by atoms with Crippen molar-refractivity contribution in [3.05, 3.63) is 47.2 Å². The molecular weight excluding hydrogens is 286 g/mol. The normalized spacial score (nSPS) is 19.5. The fourth-order valence-electron chi connectivity index (χ4n) is 2.41. The fourth-order valence-corrected chi connectivity index (χ4v) is 2.41. The molecule has 0 radical (unpaired) electrons. The van der Waals surface area contributed by atoms with Gasteiger partial charge in [-0.25, -0.2) is 4.79 Å². The Kier molecular flexibility index (Phi) is 3.54. The van der Waals surface area contributed by atoms with Crippen LogP contribution in [0.15, 0.2) is 34.9 Å². The van der Waals surface area contributed by atoms with Gasteiger partial charge in [0.05, 0.1) is 0 Å². The molecule has 1 saturated carbocycles. The van der Waals surface area contributed by atoms with Crippen LogP contribution in [0.4, 0.5) is 10.6 Å². The van der Waals surface area contributed by atoms with Crippen molar-refractivity contribution in [3.63, 3.8) is 0 Å². The third-order valence-corrected chi connectivity index (χ3v) is 3.55. The smallest absolute Gasteiger partial charge is 0.404 e. The number of benzene rings is 1. The van der Waals surface area contributed by atoms with Crippen molar-refractivity contribution >= 4 is 17.8 Å². The minimum Gasteiger partial charge on any atom is -0.465 e. The summed E-state index contributed by atoms with van der Waals surface area (Å²) in [5.74, 6) is 0.825. The molecule has 7 heteroatoms. The van der Waals surface area contributed by atoms with Crippen LogP contribution < -0.4 is 10.6 Å². The second-order valence-electron chi connectivity index (χ2n) is 5.30. The highest BCUT2D eigenvalue weighted by molar-refractivity contribution is 6.03. The van der Waals surface area contributed by atoms with Gasteiger partial charge in [0.1, 0.15) is 5.76 Å². The van der Waals surface area contributed by atoms with E-state index in [1.54, 1.807) is 31.2 Å². The van der Waals surface area contributed by atoms with Gasteiger partial charge in [0.2, 0.25) is 0 Å². The minimum atomic E-state index is -1.03. The Morgan fingerprint density at radius 1 is 1.36 bits per heavy atom. The van der Waals surface area contributed by atoms with Crippen molar-refractivity contribution in [1.82, 2.24) is 10.5 Å². The van der Waals surface area contributed by atoms with Gasteiger partial charge in [-0.2, -0.15) is 0 Å². The lowest BCUT2D eigenvalue weighted by Gasteiger charge is -2.05. The highest BCUT2D eigenvalue weighted by atomic mass is 16.5. The molecule has 0 aliphatic heterocycles. The molecule has 3 N–H and O–H groups in total. The van der Waals surface area contributed by atoms with E-state index < -0.39 is 6.09 Å². The van der Waals surface area contributed by atoms with E-state index in [9.17, 15) is 9.59 Å². The van der Waals surface area contributed by atoms with E-state index in [-0.39, 0.29) is 17.9 Å². The van der Waals surface area contributed by atoms with Crippen molar-refractivity contribution in [3.8, 4) is 0 Å². The van der Waals surface area contributed by atoms with Gasteiger partial charge in [-0.05, 0) is 31.0 Å². The molecule has 0 unspecified atom stereocenters. The molecule has 1 aromatic heterocycles. The van der Waals surface area contributed by atoms with Crippen molar-refractivity contribution in [2.75, 3.05) is 5.32 Å². The van der Waals surface area contributed by atoms with Crippen LogP contribution in [-0.4, -0.2) is 28.3 Å². The lowest BCUT2D eigenvalue weighted by molar-refractivity contribution is 0.102. The fraction of sp³-hybridized carbons (Fsp3) is 0.267. The van der Waals surface area contributed by atoms with Crippen LogP contribution >= 0.6 is 0 Å². The quantitative estimate of drug-likeness (QED) is 0.804. The van der Waals surface area contributed by atoms with Gasteiger partial charge in [-0.15, -0.1) is 0 Å². The Bertz CT molecular complexity index is 725. The topological polar surface area (TPSA) is 104 Å². The zero-order valence-electron chi connectivity index (χ0n) is 11.9. The number of carbonyl (C=O) groups excluding carboxylic acids is 1. The average Bonchev–Trinajstić information content (AvgIpc) is 3.11. The predicted molar refractivity (Wildman–Crippen MR) is 77.9 cm³/mol. The molecule has 1 aromatic carbocycles. The van der Waals surface area contributed by atoms with Crippen molar-refractivity contribution in [2.45, 2.75) is 25.3 Å². The highest BCUT2D eigenvalue weighted by Crippen LogP contribution is 2.40. The van der Waals surface area contributed by atoms with E-state index in [1.165, 1.54) is 0 Å². The third kappa shape index (κ3) is 3.08. The van der Waals surface area contributed by atoms with Crippen LogP contribution in [0.1, 0.15) is 34.0 Å². The second kappa shape index (κ2) is 5.51. The predicted octanol–water partition coefficient (Wildman–Crippen LogP) is 2.36. The molecule has 1 aliphatic carbocycles. The van der Waals surface area contributed by atoms with E-state index in [2.05, 4.69) is 15.8 Å². The molecule has 2 aromatic rings. The van der Waals surface area contributed by atoms with Crippen LogP contribution in [0.25, 0.3) is 0 Å². The first-order chi connectivity index (χ1) is 10.5. The van der Waals surface area contributed by atoms with Crippen LogP contribution in [0.2, 0.25) is 0 Å². The SMILES string of the molecule is Cc1cc(NC(=O)c2cccc([C@@H]3C[C@H]3NC(=O)O)c2)no1. The zero-order valence-corrected chi connectivity index (χ0v) is 11.9. The number of aromatic nitrogens is 1. The van der Waals surface area contributed by atoms with Gasteiger partial charge < -0.3 is 20.3 Å². The summed E-state index contributed by atoms with van der Waals surface area (Å²) in [6.45, 7) is 1.74. The summed E-state index contributed by atoms with van der Waals surface area (Å²) in [7, 11) is 0. The zero-order chi connectivity index (χ0) is 15.7. The Hall–Kier alpha value is -2.83. The molecule has 1 aliphatic rings. The first-order valence-electron chi connectivity index (χ1n) is 6.87. The molecule has 7 nitrogen and oxygen atoms in total. The summed E-state index contributed by atoms with van der Waals surface area (Å²) in [6.07, 6.45) is -0.275.